The Morgan fingerprint density at radius 3 is 1.88 bits per heavy atom. The van der Waals surface area contributed by atoms with E-state index >= 15 is 0 Å². The Hall–Kier alpha value is -4.68. The Labute approximate surface area is 234 Å². The number of carbonyl (C=O) groups excluding carboxylic acids is 2. The van der Waals surface area contributed by atoms with Gasteiger partial charge in [0.25, 0.3) is 0 Å². The zero-order valence-electron chi connectivity index (χ0n) is 22.1. The van der Waals surface area contributed by atoms with Crippen molar-refractivity contribution in [1.82, 2.24) is 5.32 Å². The van der Waals surface area contributed by atoms with Crippen LogP contribution in [0.2, 0.25) is 0 Å². The summed E-state index contributed by atoms with van der Waals surface area (Å²) >= 11 is 0. The molecule has 0 heterocycles. The molecule has 1 N–H and O–H groups in total. The molecule has 1 aliphatic rings. The number of amides is 1. The molecule has 4 aromatic carbocycles. The molecular weight excluding hydrogens is 502 g/mol. The van der Waals surface area contributed by atoms with Crippen molar-refractivity contribution in [2.75, 3.05) is 13.2 Å². The number of fused-ring (bicyclic) bond motifs is 3. The molecule has 0 saturated heterocycles. The van der Waals surface area contributed by atoms with Gasteiger partial charge in [0.2, 0.25) is 0 Å². The van der Waals surface area contributed by atoms with E-state index < -0.39 is 18.1 Å². The van der Waals surface area contributed by atoms with Gasteiger partial charge in [0.15, 0.2) is 0 Å². The highest BCUT2D eigenvalue weighted by Gasteiger charge is 2.29. The highest BCUT2D eigenvalue weighted by atomic mass is 16.5. The van der Waals surface area contributed by atoms with E-state index in [1.807, 2.05) is 84.9 Å². The fraction of sp³-hybridized carbons (Fsp3) is 0.176. The Morgan fingerprint density at radius 1 is 0.700 bits per heavy atom. The van der Waals surface area contributed by atoms with Crippen LogP contribution in [0.15, 0.2) is 121 Å². The molecule has 6 nitrogen and oxygen atoms in total. The number of hydrogen-bond donors (Lipinski definition) is 1. The average molecular weight is 534 g/mol. The van der Waals surface area contributed by atoms with Crippen molar-refractivity contribution in [1.29, 1.82) is 0 Å². The Balaban J connectivity index is 1.19. The first-order chi connectivity index (χ1) is 19.7. The maximum absolute atomic E-state index is 12.9. The van der Waals surface area contributed by atoms with E-state index in [1.54, 1.807) is 6.08 Å². The molecule has 0 unspecified atom stereocenters. The maximum atomic E-state index is 12.9. The molecule has 202 valence electrons. The minimum atomic E-state index is -0.594. The van der Waals surface area contributed by atoms with Gasteiger partial charge in [0.05, 0.1) is 19.3 Å². The number of nitrogens with one attached hydrogen (secondary N) is 1. The van der Waals surface area contributed by atoms with Crippen LogP contribution < -0.4 is 5.32 Å². The number of benzene rings is 4. The summed E-state index contributed by atoms with van der Waals surface area (Å²) in [5.41, 5.74) is 6.51. The number of hydrogen-bond acceptors (Lipinski definition) is 5. The fourth-order valence-corrected chi connectivity index (χ4v) is 4.79. The number of ether oxygens (including phenoxy) is 3. The van der Waals surface area contributed by atoms with Gasteiger partial charge in [-0.2, -0.15) is 0 Å². The molecular formula is C34H31NO5. The normalized spacial score (nSPS) is 12.9. The molecule has 1 aliphatic carbocycles. The van der Waals surface area contributed by atoms with Crippen molar-refractivity contribution < 1.29 is 23.8 Å². The molecule has 6 heteroatoms. The molecule has 4 aromatic rings. The molecule has 0 aromatic heterocycles. The van der Waals surface area contributed by atoms with Gasteiger partial charge in [0, 0.05) is 12.0 Å². The SMILES string of the molecule is O=C(/C=C/[C@@H](COCc1ccccc1)NC(=O)OCC1c2ccccc2-c2ccccc21)OCc1ccccc1. The molecule has 0 spiro atoms. The largest absolute Gasteiger partial charge is 0.458 e. The third kappa shape index (κ3) is 7.04. The first-order valence-electron chi connectivity index (χ1n) is 13.3. The lowest BCUT2D eigenvalue weighted by atomic mass is 9.98. The summed E-state index contributed by atoms with van der Waals surface area (Å²) in [5.74, 6) is -0.555. The first kappa shape index (κ1) is 26.9. The standard InChI is InChI=1S/C34H31NO5/c36-33(39-22-26-13-5-2-6-14-26)20-19-27(23-38-21-25-11-3-1-4-12-25)35-34(37)40-24-32-30-17-9-7-15-28(30)29-16-8-10-18-31(29)32/h1-20,27,32H,21-24H2,(H,35,37)/b20-19+/t27-/m0/s1. The van der Waals surface area contributed by atoms with E-state index in [0.29, 0.717) is 6.61 Å². The topological polar surface area (TPSA) is 73.9 Å². The zero-order chi connectivity index (χ0) is 27.6. The second-order valence-corrected chi connectivity index (χ2v) is 9.53. The van der Waals surface area contributed by atoms with Gasteiger partial charge in [0.1, 0.15) is 13.2 Å². The van der Waals surface area contributed by atoms with Gasteiger partial charge in [-0.1, -0.05) is 115 Å². The van der Waals surface area contributed by atoms with Gasteiger partial charge in [-0.15, -0.1) is 0 Å². The van der Waals surface area contributed by atoms with Crippen molar-refractivity contribution in [2.24, 2.45) is 0 Å². The van der Waals surface area contributed by atoms with Crippen LogP contribution in [-0.4, -0.2) is 31.3 Å². The number of rotatable bonds is 11. The van der Waals surface area contributed by atoms with Crippen LogP contribution in [0.25, 0.3) is 11.1 Å². The highest BCUT2D eigenvalue weighted by Crippen LogP contribution is 2.44. The summed E-state index contributed by atoms with van der Waals surface area (Å²) in [6.45, 7) is 0.886. The summed E-state index contributed by atoms with van der Waals surface area (Å²) < 4.78 is 16.9. The minimum absolute atomic E-state index is 0.0468. The highest BCUT2D eigenvalue weighted by molar-refractivity contribution is 5.82. The van der Waals surface area contributed by atoms with Crippen LogP contribution >= 0.6 is 0 Å². The van der Waals surface area contributed by atoms with E-state index in [2.05, 4.69) is 29.6 Å². The second kappa shape index (κ2) is 13.4. The van der Waals surface area contributed by atoms with E-state index in [-0.39, 0.29) is 25.7 Å². The summed E-state index contributed by atoms with van der Waals surface area (Å²) in [6, 6.07) is 35.0. The monoisotopic (exact) mass is 533 g/mol. The second-order valence-electron chi connectivity index (χ2n) is 9.53. The summed E-state index contributed by atoms with van der Waals surface area (Å²) in [5, 5.41) is 2.82. The van der Waals surface area contributed by atoms with E-state index in [4.69, 9.17) is 14.2 Å². The number of carbonyl (C=O) groups is 2. The van der Waals surface area contributed by atoms with E-state index in [0.717, 1.165) is 33.4 Å². The minimum Gasteiger partial charge on any atom is -0.458 e. The van der Waals surface area contributed by atoms with Gasteiger partial charge >= 0.3 is 12.1 Å². The first-order valence-corrected chi connectivity index (χ1v) is 13.3. The fourth-order valence-electron chi connectivity index (χ4n) is 4.79. The smallest absolute Gasteiger partial charge is 0.407 e. The van der Waals surface area contributed by atoms with Crippen LogP contribution in [0.4, 0.5) is 4.79 Å². The predicted molar refractivity (Wildman–Crippen MR) is 153 cm³/mol. The lowest BCUT2D eigenvalue weighted by molar-refractivity contribution is -0.139. The molecule has 1 amide bonds. The molecule has 0 fully saturated rings. The quantitative estimate of drug-likeness (QED) is 0.178. The summed E-state index contributed by atoms with van der Waals surface area (Å²) in [4.78, 5) is 25.2. The zero-order valence-corrected chi connectivity index (χ0v) is 22.1. The van der Waals surface area contributed by atoms with Crippen molar-refractivity contribution in [3.8, 4) is 11.1 Å². The molecule has 0 aliphatic heterocycles. The Morgan fingerprint density at radius 2 is 1.25 bits per heavy atom. The van der Waals surface area contributed by atoms with Crippen LogP contribution in [0.5, 0.6) is 0 Å². The third-order valence-electron chi connectivity index (χ3n) is 6.74. The number of alkyl carbamates (subject to hydrolysis) is 1. The summed E-state index contributed by atoms with van der Waals surface area (Å²) in [7, 11) is 0. The van der Waals surface area contributed by atoms with Crippen LogP contribution in [0.1, 0.15) is 28.2 Å². The van der Waals surface area contributed by atoms with Crippen molar-refractivity contribution >= 4 is 12.1 Å². The van der Waals surface area contributed by atoms with E-state index in [1.165, 1.54) is 6.08 Å². The molecule has 1 atom stereocenters. The molecule has 5 rings (SSSR count). The lowest BCUT2D eigenvalue weighted by Crippen LogP contribution is -2.38. The molecule has 0 bridgehead atoms. The molecule has 0 saturated carbocycles. The van der Waals surface area contributed by atoms with Gasteiger partial charge in [-0.3, -0.25) is 0 Å². The predicted octanol–water partition coefficient (Wildman–Crippen LogP) is 6.41. The van der Waals surface area contributed by atoms with E-state index in [9.17, 15) is 9.59 Å². The average Bonchev–Trinajstić information content (AvgIpc) is 3.32. The van der Waals surface area contributed by atoms with Crippen LogP contribution in [0, 0.1) is 0 Å². The van der Waals surface area contributed by atoms with Gasteiger partial charge < -0.3 is 19.5 Å². The van der Waals surface area contributed by atoms with Gasteiger partial charge in [-0.05, 0) is 33.4 Å². The summed E-state index contributed by atoms with van der Waals surface area (Å²) in [6.07, 6.45) is 2.29. The van der Waals surface area contributed by atoms with Crippen LogP contribution in [-0.2, 0) is 32.2 Å². The lowest BCUT2D eigenvalue weighted by Gasteiger charge is -2.18. The molecule has 0 radical (unpaired) electrons. The van der Waals surface area contributed by atoms with Crippen molar-refractivity contribution in [3.63, 3.8) is 0 Å². The Bertz CT molecular complexity index is 1410. The maximum Gasteiger partial charge on any atom is 0.407 e. The molecule has 40 heavy (non-hydrogen) atoms. The third-order valence-corrected chi connectivity index (χ3v) is 6.74. The van der Waals surface area contributed by atoms with Crippen molar-refractivity contribution in [3.05, 3.63) is 144 Å². The van der Waals surface area contributed by atoms with Gasteiger partial charge in [-0.25, -0.2) is 9.59 Å². The van der Waals surface area contributed by atoms with Crippen molar-refractivity contribution in [2.45, 2.75) is 25.2 Å². The van der Waals surface area contributed by atoms with Crippen LogP contribution in [0.3, 0.4) is 0 Å². The number of esters is 1. The Kier molecular flexibility index (Phi) is 9.02.